The van der Waals surface area contributed by atoms with Crippen molar-refractivity contribution in [3.05, 3.63) is 70.8 Å². The van der Waals surface area contributed by atoms with E-state index in [0.717, 1.165) is 28.7 Å². The Balaban J connectivity index is 1.95. The fourth-order valence-electron chi connectivity index (χ4n) is 3.79. The van der Waals surface area contributed by atoms with Crippen LogP contribution >= 0.6 is 0 Å². The van der Waals surface area contributed by atoms with Crippen LogP contribution in [0.2, 0.25) is 0 Å². The molecule has 0 aliphatic heterocycles. The smallest absolute Gasteiger partial charge is 0.0861 e. The first-order valence-electron chi connectivity index (χ1n) is 6.81. The van der Waals surface area contributed by atoms with Gasteiger partial charge in [0.05, 0.1) is 12.2 Å². The average molecular weight is 252 g/mol. The summed E-state index contributed by atoms with van der Waals surface area (Å²) in [5.41, 5.74) is 4.18. The van der Waals surface area contributed by atoms with Crippen molar-refractivity contribution in [2.75, 3.05) is 0 Å². The first-order chi connectivity index (χ1) is 9.27. The first kappa shape index (κ1) is 11.2. The monoisotopic (exact) mass is 252 g/mol. The van der Waals surface area contributed by atoms with Crippen LogP contribution in [0.25, 0.3) is 0 Å². The third kappa shape index (κ3) is 1.44. The van der Waals surface area contributed by atoms with Gasteiger partial charge in [0, 0.05) is 11.8 Å². The van der Waals surface area contributed by atoms with Crippen LogP contribution in [0.15, 0.2) is 48.5 Å². The molecule has 0 saturated carbocycles. The van der Waals surface area contributed by atoms with E-state index in [4.69, 9.17) is 0 Å². The summed E-state index contributed by atoms with van der Waals surface area (Å²) in [4.78, 5) is 0. The number of hydrogen-bond acceptors (Lipinski definition) is 2. The number of benzene rings is 2. The highest BCUT2D eigenvalue weighted by Gasteiger charge is 2.43. The zero-order valence-corrected chi connectivity index (χ0v) is 10.5. The van der Waals surface area contributed by atoms with Crippen LogP contribution in [0.4, 0.5) is 0 Å². The summed E-state index contributed by atoms with van der Waals surface area (Å²) < 4.78 is 0. The highest BCUT2D eigenvalue weighted by Crippen LogP contribution is 2.55. The highest BCUT2D eigenvalue weighted by atomic mass is 16.3. The Bertz CT molecular complexity index is 579. The lowest BCUT2D eigenvalue weighted by atomic mass is 9.64. The van der Waals surface area contributed by atoms with Gasteiger partial charge in [0.1, 0.15) is 0 Å². The second kappa shape index (κ2) is 3.92. The maximum absolute atomic E-state index is 10.6. The first-order valence-corrected chi connectivity index (χ1v) is 6.81. The minimum absolute atomic E-state index is 0.111. The van der Waals surface area contributed by atoms with Crippen LogP contribution in [0.1, 0.15) is 52.7 Å². The van der Waals surface area contributed by atoms with Crippen molar-refractivity contribution in [3.8, 4) is 0 Å². The molecule has 0 fully saturated rings. The van der Waals surface area contributed by atoms with Crippen molar-refractivity contribution in [1.29, 1.82) is 0 Å². The predicted molar refractivity (Wildman–Crippen MR) is 72.9 cm³/mol. The average Bonchev–Trinajstić information content (AvgIpc) is 2.47. The molecule has 0 aromatic heterocycles. The molecule has 2 heteroatoms. The van der Waals surface area contributed by atoms with E-state index in [9.17, 15) is 10.2 Å². The maximum atomic E-state index is 10.6. The molecule has 4 rings (SSSR count). The van der Waals surface area contributed by atoms with E-state index in [1.165, 1.54) is 0 Å². The standard InChI is InChI=1S/C17H16O2/c18-16-12-7-3-1-5-10(12)14-9-15(16)11-6-2-4-8-13(11)17(14)19/h1-8,14-19H,9H2/t14-,15-,16-,17-/m1/s1. The van der Waals surface area contributed by atoms with E-state index >= 15 is 0 Å². The molecule has 96 valence electrons. The molecule has 19 heavy (non-hydrogen) atoms. The molecule has 0 unspecified atom stereocenters. The molecule has 2 aromatic rings. The van der Waals surface area contributed by atoms with Gasteiger partial charge in [0.2, 0.25) is 0 Å². The summed E-state index contributed by atoms with van der Waals surface area (Å²) in [6, 6.07) is 15.9. The molecule has 4 atom stereocenters. The van der Waals surface area contributed by atoms with Crippen molar-refractivity contribution >= 4 is 0 Å². The molecule has 2 nitrogen and oxygen atoms in total. The third-order valence-corrected chi connectivity index (χ3v) is 4.70. The zero-order chi connectivity index (χ0) is 13.0. The summed E-state index contributed by atoms with van der Waals surface area (Å²) >= 11 is 0. The molecule has 2 aromatic carbocycles. The van der Waals surface area contributed by atoms with E-state index in [1.54, 1.807) is 0 Å². The molecule has 0 saturated heterocycles. The Morgan fingerprint density at radius 2 is 1.00 bits per heavy atom. The Morgan fingerprint density at radius 3 is 1.42 bits per heavy atom. The second-order valence-electron chi connectivity index (χ2n) is 5.60. The summed E-state index contributed by atoms with van der Waals surface area (Å²) in [6.45, 7) is 0. The lowest BCUT2D eigenvalue weighted by Crippen LogP contribution is -2.31. The highest BCUT2D eigenvalue weighted by molar-refractivity contribution is 5.47. The van der Waals surface area contributed by atoms with Crippen LogP contribution in [0, 0.1) is 0 Å². The predicted octanol–water partition coefficient (Wildman–Crippen LogP) is 3.04. The number of aliphatic hydroxyl groups is 2. The molecular formula is C17H16O2. The van der Waals surface area contributed by atoms with Crippen molar-refractivity contribution in [3.63, 3.8) is 0 Å². The lowest BCUT2D eigenvalue weighted by molar-refractivity contribution is 0.0679. The Morgan fingerprint density at radius 1 is 0.632 bits per heavy atom. The molecule has 0 radical (unpaired) electrons. The van der Waals surface area contributed by atoms with Crippen molar-refractivity contribution in [2.24, 2.45) is 0 Å². The van der Waals surface area contributed by atoms with Crippen LogP contribution < -0.4 is 0 Å². The minimum atomic E-state index is -0.457. The van der Waals surface area contributed by atoms with Gasteiger partial charge in [-0.15, -0.1) is 0 Å². The minimum Gasteiger partial charge on any atom is -0.388 e. The zero-order valence-electron chi connectivity index (χ0n) is 10.5. The van der Waals surface area contributed by atoms with Crippen LogP contribution in [-0.4, -0.2) is 10.2 Å². The van der Waals surface area contributed by atoms with Gasteiger partial charge in [0.25, 0.3) is 0 Å². The SMILES string of the molecule is O[C@@H]1c2ccccc2[C@H]2C[C@@H]1c1ccccc1[C@H]2O. The summed E-state index contributed by atoms with van der Waals surface area (Å²) in [7, 11) is 0. The van der Waals surface area contributed by atoms with E-state index in [-0.39, 0.29) is 11.8 Å². The largest absolute Gasteiger partial charge is 0.388 e. The quantitative estimate of drug-likeness (QED) is 0.756. The number of rotatable bonds is 0. The fourth-order valence-corrected chi connectivity index (χ4v) is 3.79. The van der Waals surface area contributed by atoms with Gasteiger partial charge in [-0.3, -0.25) is 0 Å². The molecular weight excluding hydrogens is 236 g/mol. The third-order valence-electron chi connectivity index (χ3n) is 4.70. The summed E-state index contributed by atoms with van der Waals surface area (Å²) in [5, 5.41) is 21.2. The Hall–Kier alpha value is -1.64. The molecule has 2 aliphatic carbocycles. The van der Waals surface area contributed by atoms with Crippen LogP contribution in [0.5, 0.6) is 0 Å². The molecule has 2 aliphatic rings. The van der Waals surface area contributed by atoms with E-state index in [0.29, 0.717) is 0 Å². The van der Waals surface area contributed by atoms with Crippen molar-refractivity contribution < 1.29 is 10.2 Å². The Kier molecular flexibility index (Phi) is 2.32. The molecule has 2 N–H and O–H groups in total. The molecule has 0 spiro atoms. The van der Waals surface area contributed by atoms with Gasteiger partial charge in [-0.05, 0) is 28.7 Å². The van der Waals surface area contributed by atoms with Crippen molar-refractivity contribution in [2.45, 2.75) is 30.5 Å². The Labute approximate surface area is 112 Å². The summed E-state index contributed by atoms with van der Waals surface area (Å²) in [5.74, 6) is 0.221. The fraction of sp³-hybridized carbons (Fsp3) is 0.294. The molecule has 0 amide bonds. The van der Waals surface area contributed by atoms with E-state index in [1.807, 2.05) is 48.5 Å². The normalized spacial score (nSPS) is 31.5. The van der Waals surface area contributed by atoms with E-state index < -0.39 is 12.2 Å². The van der Waals surface area contributed by atoms with Gasteiger partial charge < -0.3 is 10.2 Å². The molecule has 0 heterocycles. The van der Waals surface area contributed by atoms with Crippen LogP contribution in [-0.2, 0) is 0 Å². The number of aliphatic hydroxyl groups excluding tert-OH is 2. The topological polar surface area (TPSA) is 40.5 Å². The van der Waals surface area contributed by atoms with Gasteiger partial charge >= 0.3 is 0 Å². The second-order valence-corrected chi connectivity index (χ2v) is 5.60. The van der Waals surface area contributed by atoms with E-state index in [2.05, 4.69) is 0 Å². The maximum Gasteiger partial charge on any atom is 0.0861 e. The van der Waals surface area contributed by atoms with Crippen LogP contribution in [0.3, 0.4) is 0 Å². The number of fused-ring (bicyclic) bond motifs is 6. The van der Waals surface area contributed by atoms with Gasteiger partial charge in [-0.2, -0.15) is 0 Å². The molecule has 2 bridgehead atoms. The van der Waals surface area contributed by atoms with Gasteiger partial charge in [-0.1, -0.05) is 48.5 Å². The van der Waals surface area contributed by atoms with Gasteiger partial charge in [-0.25, -0.2) is 0 Å². The summed E-state index contributed by atoms with van der Waals surface area (Å²) in [6.07, 6.45) is -0.0849. The number of hydrogen-bond donors (Lipinski definition) is 2. The van der Waals surface area contributed by atoms with Crippen molar-refractivity contribution in [1.82, 2.24) is 0 Å². The van der Waals surface area contributed by atoms with Gasteiger partial charge in [0.15, 0.2) is 0 Å². The lowest BCUT2D eigenvalue weighted by Gasteiger charge is -2.43.